The van der Waals surface area contributed by atoms with E-state index in [1.54, 1.807) is 0 Å². The van der Waals surface area contributed by atoms with Gasteiger partial charge < -0.3 is 10.6 Å². The number of rotatable bonds is 1. The molecule has 0 aromatic heterocycles. The molecule has 0 amide bonds. The van der Waals surface area contributed by atoms with Crippen LogP contribution in [0.3, 0.4) is 0 Å². The summed E-state index contributed by atoms with van der Waals surface area (Å²) in [4.78, 5) is 0. The Balaban J connectivity index is 1.85. The summed E-state index contributed by atoms with van der Waals surface area (Å²) >= 11 is 6.44. The molecule has 0 saturated carbocycles. The average Bonchev–Trinajstić information content (AvgIpc) is 2.70. The lowest BCUT2D eigenvalue weighted by atomic mass is 9.86. The normalized spacial score (nSPS) is 23.9. The van der Waals surface area contributed by atoms with Gasteiger partial charge >= 0.3 is 0 Å². The molecule has 2 nitrogen and oxygen atoms in total. The minimum absolute atomic E-state index is 0.554. The maximum atomic E-state index is 6.44. The van der Waals surface area contributed by atoms with Crippen LogP contribution in [-0.4, -0.2) is 19.1 Å². The van der Waals surface area contributed by atoms with Crippen LogP contribution in [0.5, 0.6) is 0 Å². The van der Waals surface area contributed by atoms with Crippen molar-refractivity contribution in [1.82, 2.24) is 5.32 Å². The summed E-state index contributed by atoms with van der Waals surface area (Å²) in [5.41, 5.74) is 5.19. The zero-order chi connectivity index (χ0) is 14.2. The highest BCUT2D eigenvalue weighted by atomic mass is 35.5. The van der Waals surface area contributed by atoms with Gasteiger partial charge in [0.1, 0.15) is 0 Å². The highest BCUT2D eigenvalue weighted by molar-refractivity contribution is 6.33. The van der Waals surface area contributed by atoms with Crippen molar-refractivity contribution < 1.29 is 0 Å². The number of benzene rings is 2. The van der Waals surface area contributed by atoms with Gasteiger partial charge in [-0.25, -0.2) is 0 Å². The third-order valence-electron chi connectivity index (χ3n) is 4.73. The first-order valence-electron chi connectivity index (χ1n) is 7.69. The Morgan fingerprint density at radius 1 is 0.905 bits per heavy atom. The molecule has 1 saturated heterocycles. The predicted octanol–water partition coefficient (Wildman–Crippen LogP) is 4.27. The number of hydrogen-bond donors (Lipinski definition) is 2. The van der Waals surface area contributed by atoms with Gasteiger partial charge in [-0.3, -0.25) is 0 Å². The molecular weight excluding hydrogens is 280 g/mol. The highest BCUT2D eigenvalue weighted by Crippen LogP contribution is 2.46. The molecule has 2 atom stereocenters. The second-order valence-electron chi connectivity index (χ2n) is 5.93. The lowest BCUT2D eigenvalue weighted by molar-refractivity contribution is 0.579. The second-order valence-corrected chi connectivity index (χ2v) is 6.34. The summed E-state index contributed by atoms with van der Waals surface area (Å²) < 4.78 is 0. The predicted molar refractivity (Wildman–Crippen MR) is 89.1 cm³/mol. The van der Waals surface area contributed by atoms with Crippen LogP contribution < -0.4 is 10.6 Å². The van der Waals surface area contributed by atoms with E-state index >= 15 is 0 Å². The van der Waals surface area contributed by atoms with Crippen LogP contribution in [-0.2, 0) is 0 Å². The maximum absolute atomic E-state index is 6.44. The summed E-state index contributed by atoms with van der Waals surface area (Å²) in [6.45, 7) is 2.20. The molecule has 2 N–H and O–H groups in total. The van der Waals surface area contributed by atoms with E-state index < -0.39 is 0 Å². The molecule has 2 aliphatic heterocycles. The van der Waals surface area contributed by atoms with Crippen LogP contribution >= 0.6 is 11.6 Å². The largest absolute Gasteiger partial charge is 0.381 e. The molecule has 0 aliphatic carbocycles. The standard InChI is InChI=1S/C18H19ClN2/c19-15-6-2-1-4-12(15)13-5-3-7-17-18(13)14-8-10-20-11-9-16(14)21-17/h1-7,14,16,20-21H,8-11H2/t14-,16+/m1/s1. The van der Waals surface area contributed by atoms with E-state index in [9.17, 15) is 0 Å². The van der Waals surface area contributed by atoms with E-state index in [1.807, 2.05) is 12.1 Å². The van der Waals surface area contributed by atoms with Crippen molar-refractivity contribution in [1.29, 1.82) is 0 Å². The van der Waals surface area contributed by atoms with Crippen LogP contribution in [0.1, 0.15) is 24.3 Å². The average molecular weight is 299 g/mol. The molecule has 0 unspecified atom stereocenters. The first-order valence-corrected chi connectivity index (χ1v) is 8.07. The fraction of sp³-hybridized carbons (Fsp3) is 0.333. The Bertz CT molecular complexity index is 668. The Hall–Kier alpha value is -1.51. The van der Waals surface area contributed by atoms with Crippen LogP contribution in [0, 0.1) is 0 Å². The molecule has 2 aromatic carbocycles. The van der Waals surface area contributed by atoms with Crippen molar-refractivity contribution in [3.05, 3.63) is 53.1 Å². The number of nitrogens with one attached hydrogen (secondary N) is 2. The van der Waals surface area contributed by atoms with Gasteiger partial charge in [-0.15, -0.1) is 0 Å². The number of fused-ring (bicyclic) bond motifs is 3. The molecule has 1 fully saturated rings. The van der Waals surface area contributed by atoms with Gasteiger partial charge in [-0.2, -0.15) is 0 Å². The summed E-state index contributed by atoms with van der Waals surface area (Å²) in [5, 5.41) is 8.07. The fourth-order valence-corrected chi connectivity index (χ4v) is 4.00. The van der Waals surface area contributed by atoms with Crippen molar-refractivity contribution in [3.63, 3.8) is 0 Å². The quantitative estimate of drug-likeness (QED) is 0.821. The summed E-state index contributed by atoms with van der Waals surface area (Å²) in [6.07, 6.45) is 2.37. The van der Waals surface area contributed by atoms with Gasteiger partial charge in [0.2, 0.25) is 0 Å². The molecule has 4 rings (SSSR count). The maximum Gasteiger partial charge on any atom is 0.0484 e. The van der Waals surface area contributed by atoms with Gasteiger partial charge in [0.15, 0.2) is 0 Å². The van der Waals surface area contributed by atoms with Crippen LogP contribution in [0.25, 0.3) is 11.1 Å². The highest BCUT2D eigenvalue weighted by Gasteiger charge is 2.34. The molecule has 2 heterocycles. The molecular formula is C18H19ClN2. The lowest BCUT2D eigenvalue weighted by Gasteiger charge is -2.18. The number of anilines is 1. The Morgan fingerprint density at radius 2 is 1.71 bits per heavy atom. The van der Waals surface area contributed by atoms with Crippen LogP contribution in [0.15, 0.2) is 42.5 Å². The minimum Gasteiger partial charge on any atom is -0.381 e. The van der Waals surface area contributed by atoms with Gasteiger partial charge in [-0.1, -0.05) is 41.9 Å². The van der Waals surface area contributed by atoms with E-state index in [4.69, 9.17) is 11.6 Å². The topological polar surface area (TPSA) is 24.1 Å². The third-order valence-corrected chi connectivity index (χ3v) is 5.06. The van der Waals surface area contributed by atoms with E-state index in [0.717, 1.165) is 23.7 Å². The van der Waals surface area contributed by atoms with Gasteiger partial charge in [-0.05, 0) is 49.2 Å². The van der Waals surface area contributed by atoms with E-state index in [0.29, 0.717) is 12.0 Å². The second kappa shape index (κ2) is 5.36. The van der Waals surface area contributed by atoms with Crippen molar-refractivity contribution in [3.8, 4) is 11.1 Å². The number of halogens is 1. The third kappa shape index (κ3) is 2.23. The SMILES string of the molecule is Clc1ccccc1-c1cccc2c1[C@@H]1CCNCC[C@@H]1N2. The first-order chi connectivity index (χ1) is 10.3. The summed E-state index contributed by atoms with van der Waals surface area (Å²) in [6, 6.07) is 15.3. The van der Waals surface area contributed by atoms with E-state index in [1.165, 1.54) is 29.7 Å². The lowest BCUT2D eigenvalue weighted by Crippen LogP contribution is -2.21. The zero-order valence-corrected chi connectivity index (χ0v) is 12.7. The summed E-state index contributed by atoms with van der Waals surface area (Å²) in [7, 11) is 0. The summed E-state index contributed by atoms with van der Waals surface area (Å²) in [5.74, 6) is 0.586. The minimum atomic E-state index is 0.554. The van der Waals surface area contributed by atoms with Gasteiger partial charge in [0, 0.05) is 28.2 Å². The van der Waals surface area contributed by atoms with Crippen molar-refractivity contribution >= 4 is 17.3 Å². The number of hydrogen-bond acceptors (Lipinski definition) is 2. The monoisotopic (exact) mass is 298 g/mol. The first kappa shape index (κ1) is 13.2. The molecule has 2 aliphatic rings. The van der Waals surface area contributed by atoms with Gasteiger partial charge in [0.25, 0.3) is 0 Å². The smallest absolute Gasteiger partial charge is 0.0484 e. The van der Waals surface area contributed by atoms with E-state index in [-0.39, 0.29) is 0 Å². The fourth-order valence-electron chi connectivity index (χ4n) is 3.77. The van der Waals surface area contributed by atoms with Gasteiger partial charge in [0.05, 0.1) is 0 Å². The Morgan fingerprint density at radius 3 is 2.62 bits per heavy atom. The molecule has 2 aromatic rings. The molecule has 3 heteroatoms. The molecule has 0 bridgehead atoms. The molecule has 0 radical (unpaired) electrons. The van der Waals surface area contributed by atoms with Crippen molar-refractivity contribution in [2.45, 2.75) is 24.8 Å². The molecule has 108 valence electrons. The zero-order valence-electron chi connectivity index (χ0n) is 11.9. The Kier molecular flexibility index (Phi) is 3.36. The van der Waals surface area contributed by atoms with Crippen LogP contribution in [0.4, 0.5) is 5.69 Å². The van der Waals surface area contributed by atoms with Crippen molar-refractivity contribution in [2.75, 3.05) is 18.4 Å². The Labute approximate surface area is 130 Å². The molecule has 0 spiro atoms. The van der Waals surface area contributed by atoms with Crippen molar-refractivity contribution in [2.24, 2.45) is 0 Å². The van der Waals surface area contributed by atoms with E-state index in [2.05, 4.69) is 41.0 Å². The molecule has 21 heavy (non-hydrogen) atoms. The van der Waals surface area contributed by atoms with Crippen LogP contribution in [0.2, 0.25) is 5.02 Å².